The third kappa shape index (κ3) is 2.99. The number of hydrogen-bond donors (Lipinski definition) is 1. The summed E-state index contributed by atoms with van der Waals surface area (Å²) in [5.74, 6) is 1.81. The Morgan fingerprint density at radius 3 is 3.05 bits per heavy atom. The van der Waals surface area contributed by atoms with E-state index in [0.29, 0.717) is 5.92 Å². The molecule has 22 heavy (non-hydrogen) atoms. The standard InChI is InChI=1S/C17H16N2S3/c1-2-4-16-15(3-1)13(10-21-16)7-18-8-14-11-22-17(19-14)12-5-6-20-9-12/h1-6,9,11,13,18H,7-8,10H2. The Balaban J connectivity index is 1.35. The van der Waals surface area contributed by atoms with Gasteiger partial charge in [-0.3, -0.25) is 0 Å². The Labute approximate surface area is 142 Å². The Morgan fingerprint density at radius 1 is 1.18 bits per heavy atom. The Hall–Kier alpha value is -1.14. The van der Waals surface area contributed by atoms with Crippen molar-refractivity contribution >= 4 is 34.4 Å². The molecule has 0 saturated heterocycles. The number of nitrogens with zero attached hydrogens (tertiary/aromatic N) is 1. The Bertz CT molecular complexity index is 749. The van der Waals surface area contributed by atoms with Crippen molar-refractivity contribution in [1.29, 1.82) is 0 Å². The van der Waals surface area contributed by atoms with Gasteiger partial charge in [-0.15, -0.1) is 23.1 Å². The molecule has 0 aliphatic carbocycles. The number of hydrogen-bond acceptors (Lipinski definition) is 5. The first-order valence-corrected chi connectivity index (χ1v) is 10.1. The summed E-state index contributed by atoms with van der Waals surface area (Å²) in [5, 5.41) is 11.1. The molecule has 0 fully saturated rings. The SMILES string of the molecule is c1ccc2c(c1)SCC2CNCc1csc(-c2ccsc2)n1. The lowest BCUT2D eigenvalue weighted by Crippen LogP contribution is -2.21. The summed E-state index contributed by atoms with van der Waals surface area (Å²) in [6.07, 6.45) is 0. The summed E-state index contributed by atoms with van der Waals surface area (Å²) in [6, 6.07) is 10.9. The van der Waals surface area contributed by atoms with Gasteiger partial charge in [-0.25, -0.2) is 4.98 Å². The molecule has 0 bridgehead atoms. The summed E-state index contributed by atoms with van der Waals surface area (Å²) < 4.78 is 0. The van der Waals surface area contributed by atoms with Gasteiger partial charge < -0.3 is 5.32 Å². The maximum atomic E-state index is 4.72. The molecule has 112 valence electrons. The molecule has 1 atom stereocenters. The molecule has 5 heteroatoms. The molecular formula is C17H16N2S3. The molecule has 2 nitrogen and oxygen atoms in total. The predicted molar refractivity (Wildman–Crippen MR) is 97.0 cm³/mol. The van der Waals surface area contributed by atoms with Crippen molar-refractivity contribution in [3.63, 3.8) is 0 Å². The van der Waals surface area contributed by atoms with E-state index in [-0.39, 0.29) is 0 Å². The van der Waals surface area contributed by atoms with Crippen LogP contribution < -0.4 is 5.32 Å². The molecule has 1 aliphatic rings. The first-order chi connectivity index (χ1) is 10.9. The number of aromatic nitrogens is 1. The maximum Gasteiger partial charge on any atom is 0.124 e. The van der Waals surface area contributed by atoms with Gasteiger partial charge in [-0.2, -0.15) is 11.3 Å². The first-order valence-electron chi connectivity index (χ1n) is 7.29. The number of benzene rings is 1. The lowest BCUT2D eigenvalue weighted by molar-refractivity contribution is 0.616. The molecule has 1 aromatic carbocycles. The van der Waals surface area contributed by atoms with E-state index in [1.807, 2.05) is 11.8 Å². The van der Waals surface area contributed by atoms with Gasteiger partial charge >= 0.3 is 0 Å². The zero-order valence-electron chi connectivity index (χ0n) is 12.0. The summed E-state index contributed by atoms with van der Waals surface area (Å²) in [4.78, 5) is 6.17. The van der Waals surface area contributed by atoms with Gasteiger partial charge in [0.1, 0.15) is 5.01 Å². The number of fused-ring (bicyclic) bond motifs is 1. The van der Waals surface area contributed by atoms with Crippen LogP contribution in [0.25, 0.3) is 10.6 Å². The lowest BCUT2D eigenvalue weighted by Gasteiger charge is -2.11. The summed E-state index contributed by atoms with van der Waals surface area (Å²) in [5.41, 5.74) is 3.88. The molecule has 2 aromatic heterocycles. The zero-order valence-corrected chi connectivity index (χ0v) is 14.4. The Morgan fingerprint density at radius 2 is 2.14 bits per heavy atom. The maximum absolute atomic E-state index is 4.72. The first kappa shape index (κ1) is 14.5. The van der Waals surface area contributed by atoms with Crippen LogP contribution in [0, 0.1) is 0 Å². The summed E-state index contributed by atoms with van der Waals surface area (Å²) >= 11 is 5.42. The highest BCUT2D eigenvalue weighted by atomic mass is 32.2. The fourth-order valence-corrected chi connectivity index (χ4v) is 5.47. The highest BCUT2D eigenvalue weighted by Crippen LogP contribution is 2.38. The fraction of sp³-hybridized carbons (Fsp3) is 0.235. The highest BCUT2D eigenvalue weighted by Gasteiger charge is 2.22. The van der Waals surface area contributed by atoms with Crippen LogP contribution >= 0.6 is 34.4 Å². The molecule has 0 amide bonds. The Kier molecular flexibility index (Phi) is 4.30. The monoisotopic (exact) mass is 344 g/mol. The smallest absolute Gasteiger partial charge is 0.124 e. The van der Waals surface area contributed by atoms with Crippen LogP contribution in [-0.4, -0.2) is 17.3 Å². The van der Waals surface area contributed by atoms with Crippen LogP contribution in [0.15, 0.2) is 51.4 Å². The van der Waals surface area contributed by atoms with Crippen molar-refractivity contribution in [3.8, 4) is 10.6 Å². The van der Waals surface area contributed by atoms with Crippen LogP contribution in [0.2, 0.25) is 0 Å². The topological polar surface area (TPSA) is 24.9 Å². The highest BCUT2D eigenvalue weighted by molar-refractivity contribution is 7.99. The minimum Gasteiger partial charge on any atom is -0.310 e. The molecule has 1 unspecified atom stereocenters. The van der Waals surface area contributed by atoms with E-state index in [4.69, 9.17) is 4.98 Å². The quantitative estimate of drug-likeness (QED) is 0.716. The van der Waals surface area contributed by atoms with Crippen LogP contribution in [0.1, 0.15) is 17.2 Å². The third-order valence-corrected chi connectivity index (χ3v) is 6.69. The van der Waals surface area contributed by atoms with Gasteiger partial charge in [0.2, 0.25) is 0 Å². The van der Waals surface area contributed by atoms with Gasteiger partial charge in [0.25, 0.3) is 0 Å². The van der Waals surface area contributed by atoms with E-state index in [2.05, 4.69) is 51.8 Å². The number of nitrogens with one attached hydrogen (secondary N) is 1. The molecule has 0 spiro atoms. The average molecular weight is 345 g/mol. The summed E-state index contributed by atoms with van der Waals surface area (Å²) in [7, 11) is 0. The van der Waals surface area contributed by atoms with E-state index in [1.165, 1.54) is 21.8 Å². The normalized spacial score (nSPS) is 16.8. The molecule has 3 aromatic rings. The van der Waals surface area contributed by atoms with E-state index >= 15 is 0 Å². The zero-order chi connectivity index (χ0) is 14.8. The molecule has 0 saturated carbocycles. The van der Waals surface area contributed by atoms with Crippen LogP contribution in [0.4, 0.5) is 0 Å². The largest absolute Gasteiger partial charge is 0.310 e. The van der Waals surface area contributed by atoms with Crippen molar-refractivity contribution in [2.75, 3.05) is 12.3 Å². The van der Waals surface area contributed by atoms with Crippen molar-refractivity contribution in [3.05, 3.63) is 57.7 Å². The number of thiophene rings is 1. The molecule has 1 N–H and O–H groups in total. The molecule has 1 aliphatic heterocycles. The minimum absolute atomic E-state index is 0.621. The predicted octanol–water partition coefficient (Wildman–Crippen LogP) is 4.85. The minimum atomic E-state index is 0.621. The number of thioether (sulfide) groups is 1. The van der Waals surface area contributed by atoms with Crippen LogP contribution in [0.3, 0.4) is 0 Å². The van der Waals surface area contributed by atoms with E-state index in [0.717, 1.165) is 23.8 Å². The van der Waals surface area contributed by atoms with Gasteiger partial charge in [0.05, 0.1) is 5.69 Å². The fourth-order valence-electron chi connectivity index (χ4n) is 2.68. The molecule has 0 radical (unpaired) electrons. The van der Waals surface area contributed by atoms with Crippen molar-refractivity contribution in [2.45, 2.75) is 17.4 Å². The molecule has 3 heterocycles. The van der Waals surface area contributed by atoms with Gasteiger partial charge in [-0.1, -0.05) is 18.2 Å². The van der Waals surface area contributed by atoms with Crippen molar-refractivity contribution in [1.82, 2.24) is 10.3 Å². The summed E-state index contributed by atoms with van der Waals surface area (Å²) in [6.45, 7) is 1.87. The lowest BCUT2D eigenvalue weighted by atomic mass is 10.0. The second kappa shape index (κ2) is 6.54. The second-order valence-electron chi connectivity index (χ2n) is 5.33. The number of thiazole rings is 1. The van der Waals surface area contributed by atoms with Gasteiger partial charge in [0.15, 0.2) is 0 Å². The molecule has 4 rings (SSSR count). The van der Waals surface area contributed by atoms with Gasteiger partial charge in [-0.05, 0) is 23.1 Å². The van der Waals surface area contributed by atoms with Crippen LogP contribution in [0.5, 0.6) is 0 Å². The van der Waals surface area contributed by atoms with Crippen molar-refractivity contribution < 1.29 is 0 Å². The molecular weight excluding hydrogens is 328 g/mol. The average Bonchev–Trinajstić information content (AvgIpc) is 3.28. The number of rotatable bonds is 5. The van der Waals surface area contributed by atoms with Crippen LogP contribution in [-0.2, 0) is 6.54 Å². The van der Waals surface area contributed by atoms with Gasteiger partial charge in [0, 0.05) is 46.0 Å². The second-order valence-corrected chi connectivity index (χ2v) is 8.03. The van der Waals surface area contributed by atoms with E-state index in [9.17, 15) is 0 Å². The van der Waals surface area contributed by atoms with E-state index < -0.39 is 0 Å². The third-order valence-electron chi connectivity index (χ3n) is 3.82. The van der Waals surface area contributed by atoms with E-state index in [1.54, 1.807) is 22.7 Å². The van der Waals surface area contributed by atoms with Crippen molar-refractivity contribution in [2.24, 2.45) is 0 Å².